The molecule has 1 aliphatic heterocycles. The summed E-state index contributed by atoms with van der Waals surface area (Å²) in [5.41, 5.74) is 2.40. The molecule has 1 heterocycles. The largest absolute Gasteiger partial charge is 0.350 e. The van der Waals surface area contributed by atoms with Crippen molar-refractivity contribution in [1.82, 2.24) is 10.2 Å². The maximum absolute atomic E-state index is 14.7. The van der Waals surface area contributed by atoms with Gasteiger partial charge in [0.2, 0.25) is 11.8 Å². The summed E-state index contributed by atoms with van der Waals surface area (Å²) >= 11 is 0. The Kier molecular flexibility index (Phi) is 7.69. The first-order valence-corrected chi connectivity index (χ1v) is 13.1. The van der Waals surface area contributed by atoms with Crippen LogP contribution >= 0.6 is 0 Å². The zero-order valence-electron chi connectivity index (χ0n) is 20.0. The lowest BCUT2D eigenvalue weighted by Crippen LogP contribution is -2.41. The number of hydrogen-bond donors (Lipinski definition) is 1. The number of para-hydroxylation sites is 1. The van der Waals surface area contributed by atoms with Gasteiger partial charge in [0.15, 0.2) is 0 Å². The van der Waals surface area contributed by atoms with Crippen molar-refractivity contribution in [3.63, 3.8) is 0 Å². The maximum atomic E-state index is 14.7. The van der Waals surface area contributed by atoms with Crippen molar-refractivity contribution in [3.8, 4) is 0 Å². The van der Waals surface area contributed by atoms with Crippen LogP contribution in [0.2, 0.25) is 0 Å². The van der Waals surface area contributed by atoms with Crippen LogP contribution in [0.15, 0.2) is 77.7 Å². The molecule has 1 aliphatic rings. The number of likely N-dealkylation sites (tertiary alicyclic amines) is 1. The number of hydrogen-bond acceptors (Lipinski definition) is 4. The van der Waals surface area contributed by atoms with E-state index < -0.39 is 28.3 Å². The lowest BCUT2D eigenvalue weighted by atomic mass is 10.1. The molecule has 0 bridgehead atoms. The summed E-state index contributed by atoms with van der Waals surface area (Å²) in [5, 5.41) is 2.76. The third-order valence-corrected chi connectivity index (χ3v) is 7.92. The van der Waals surface area contributed by atoms with Crippen LogP contribution in [-0.4, -0.2) is 38.2 Å². The van der Waals surface area contributed by atoms with Gasteiger partial charge >= 0.3 is 0 Å². The molecule has 3 aromatic rings. The molecule has 0 saturated carbocycles. The minimum Gasteiger partial charge on any atom is -0.350 e. The number of aryl methyl sites for hydroxylation is 1. The van der Waals surface area contributed by atoms with Gasteiger partial charge in [-0.05, 0) is 48.7 Å². The number of anilines is 1. The van der Waals surface area contributed by atoms with E-state index in [1.54, 1.807) is 17.0 Å². The Balaban J connectivity index is 1.53. The zero-order valence-corrected chi connectivity index (χ0v) is 20.8. The van der Waals surface area contributed by atoms with E-state index in [1.807, 2.05) is 31.2 Å². The molecule has 0 atom stereocenters. The number of sulfonamides is 1. The van der Waals surface area contributed by atoms with Crippen molar-refractivity contribution in [2.75, 3.05) is 17.4 Å². The Morgan fingerprint density at radius 1 is 1.00 bits per heavy atom. The number of rotatable bonds is 9. The SMILES string of the molecule is Cc1ccc(S(=O)(=O)N(CC(=O)NCc2ccccc2CN2CCCC2=O)c2ccccc2F)cc1. The summed E-state index contributed by atoms with van der Waals surface area (Å²) in [4.78, 5) is 26.7. The van der Waals surface area contributed by atoms with Crippen LogP contribution < -0.4 is 9.62 Å². The molecule has 1 saturated heterocycles. The minimum atomic E-state index is -4.21. The molecular weight excluding hydrogens is 481 g/mol. The van der Waals surface area contributed by atoms with Gasteiger partial charge in [0.1, 0.15) is 12.4 Å². The number of nitrogens with zero attached hydrogens (tertiary/aromatic N) is 2. The highest BCUT2D eigenvalue weighted by Crippen LogP contribution is 2.26. The summed E-state index contributed by atoms with van der Waals surface area (Å²) in [6.45, 7) is 2.54. The first-order chi connectivity index (χ1) is 17.3. The van der Waals surface area contributed by atoms with Crippen LogP contribution in [0.3, 0.4) is 0 Å². The number of benzene rings is 3. The molecule has 188 valence electrons. The quantitative estimate of drug-likeness (QED) is 0.476. The summed E-state index contributed by atoms with van der Waals surface area (Å²) in [5.74, 6) is -1.22. The molecule has 4 rings (SSSR count). The molecule has 0 radical (unpaired) electrons. The van der Waals surface area contributed by atoms with Gasteiger partial charge in [0, 0.05) is 26.1 Å². The maximum Gasteiger partial charge on any atom is 0.264 e. The van der Waals surface area contributed by atoms with Gasteiger partial charge in [-0.1, -0.05) is 54.1 Å². The number of carbonyl (C=O) groups is 2. The highest BCUT2D eigenvalue weighted by molar-refractivity contribution is 7.92. The predicted octanol–water partition coefficient (Wildman–Crippen LogP) is 3.77. The second-order valence-electron chi connectivity index (χ2n) is 8.74. The number of halogens is 1. The molecule has 0 aromatic heterocycles. The highest BCUT2D eigenvalue weighted by Gasteiger charge is 2.29. The van der Waals surface area contributed by atoms with E-state index in [-0.39, 0.29) is 23.0 Å². The summed E-state index contributed by atoms with van der Waals surface area (Å²) in [7, 11) is -4.21. The van der Waals surface area contributed by atoms with Crippen molar-refractivity contribution >= 4 is 27.5 Å². The number of nitrogens with one attached hydrogen (secondary N) is 1. The van der Waals surface area contributed by atoms with Crippen LogP contribution in [0.4, 0.5) is 10.1 Å². The summed E-state index contributed by atoms with van der Waals surface area (Å²) in [6.07, 6.45) is 1.37. The van der Waals surface area contributed by atoms with Crippen LogP contribution in [-0.2, 0) is 32.7 Å². The second-order valence-corrected chi connectivity index (χ2v) is 10.6. The average molecular weight is 510 g/mol. The molecule has 0 unspecified atom stereocenters. The highest BCUT2D eigenvalue weighted by atomic mass is 32.2. The molecule has 0 spiro atoms. The fourth-order valence-electron chi connectivity index (χ4n) is 4.13. The van der Waals surface area contributed by atoms with Gasteiger partial charge in [-0.3, -0.25) is 13.9 Å². The van der Waals surface area contributed by atoms with Gasteiger partial charge in [0.25, 0.3) is 10.0 Å². The van der Waals surface area contributed by atoms with Crippen molar-refractivity contribution in [2.24, 2.45) is 0 Å². The van der Waals surface area contributed by atoms with E-state index in [9.17, 15) is 22.4 Å². The van der Waals surface area contributed by atoms with Gasteiger partial charge in [-0.25, -0.2) is 12.8 Å². The van der Waals surface area contributed by atoms with Gasteiger partial charge in [0.05, 0.1) is 10.6 Å². The Morgan fingerprint density at radius 3 is 2.33 bits per heavy atom. The minimum absolute atomic E-state index is 0.0372. The van der Waals surface area contributed by atoms with Gasteiger partial charge in [-0.2, -0.15) is 0 Å². The standard InChI is InChI=1S/C27H28FN3O4S/c1-20-12-14-23(15-13-20)36(34,35)31(25-10-5-4-9-24(25)28)19-26(32)29-17-21-7-2-3-8-22(21)18-30-16-6-11-27(30)33/h2-5,7-10,12-15H,6,11,16-19H2,1H3,(H,29,32). The molecule has 3 aromatic carbocycles. The normalized spacial score (nSPS) is 13.6. The summed E-state index contributed by atoms with van der Waals surface area (Å²) in [6, 6.07) is 19.1. The fraction of sp³-hybridized carbons (Fsp3) is 0.259. The average Bonchev–Trinajstić information content (AvgIpc) is 3.27. The Labute approximate surface area is 210 Å². The predicted molar refractivity (Wildman–Crippen MR) is 135 cm³/mol. The zero-order chi connectivity index (χ0) is 25.7. The van der Waals surface area contributed by atoms with Crippen molar-refractivity contribution < 1.29 is 22.4 Å². The van der Waals surface area contributed by atoms with E-state index in [1.165, 1.54) is 30.3 Å². The number of amides is 2. The lowest BCUT2D eigenvalue weighted by Gasteiger charge is -2.25. The van der Waals surface area contributed by atoms with Crippen molar-refractivity contribution in [3.05, 3.63) is 95.3 Å². The molecule has 9 heteroatoms. The van der Waals surface area contributed by atoms with Crippen LogP contribution in [0, 0.1) is 12.7 Å². The van der Waals surface area contributed by atoms with Crippen LogP contribution in [0.1, 0.15) is 29.5 Å². The summed E-state index contributed by atoms with van der Waals surface area (Å²) < 4.78 is 42.3. The first-order valence-electron chi connectivity index (χ1n) is 11.7. The molecule has 1 fully saturated rings. The molecule has 7 nitrogen and oxygen atoms in total. The molecule has 1 N–H and O–H groups in total. The first kappa shape index (κ1) is 25.4. The van der Waals surface area contributed by atoms with E-state index in [0.29, 0.717) is 19.5 Å². The Hall–Kier alpha value is -3.72. The van der Waals surface area contributed by atoms with Crippen molar-refractivity contribution in [1.29, 1.82) is 0 Å². The Morgan fingerprint density at radius 2 is 1.67 bits per heavy atom. The van der Waals surface area contributed by atoms with E-state index >= 15 is 0 Å². The topological polar surface area (TPSA) is 86.8 Å². The Bertz CT molecular complexity index is 1360. The lowest BCUT2D eigenvalue weighted by molar-refractivity contribution is -0.128. The second kappa shape index (κ2) is 10.9. The van der Waals surface area contributed by atoms with E-state index in [0.717, 1.165) is 33.5 Å². The van der Waals surface area contributed by atoms with Crippen LogP contribution in [0.25, 0.3) is 0 Å². The monoisotopic (exact) mass is 509 g/mol. The van der Waals surface area contributed by atoms with E-state index in [4.69, 9.17) is 0 Å². The molecular formula is C27H28FN3O4S. The third kappa shape index (κ3) is 5.73. The third-order valence-electron chi connectivity index (χ3n) is 6.14. The van der Waals surface area contributed by atoms with Gasteiger partial charge in [-0.15, -0.1) is 0 Å². The van der Waals surface area contributed by atoms with Crippen LogP contribution in [0.5, 0.6) is 0 Å². The van der Waals surface area contributed by atoms with E-state index in [2.05, 4.69) is 5.32 Å². The smallest absolute Gasteiger partial charge is 0.264 e. The molecule has 0 aliphatic carbocycles. The number of carbonyl (C=O) groups excluding carboxylic acids is 2. The molecule has 2 amide bonds. The fourth-order valence-corrected chi connectivity index (χ4v) is 5.56. The van der Waals surface area contributed by atoms with Gasteiger partial charge < -0.3 is 10.2 Å². The van der Waals surface area contributed by atoms with Crippen molar-refractivity contribution in [2.45, 2.75) is 37.8 Å². The molecule has 36 heavy (non-hydrogen) atoms.